The van der Waals surface area contributed by atoms with Gasteiger partial charge in [0.1, 0.15) is 183 Å². The number of aliphatic carboxylic acids is 1. The van der Waals surface area contributed by atoms with Crippen molar-refractivity contribution >= 4 is 29.6 Å². The number of hydrogen-bond donors (Lipinski definition) is 28. The Morgan fingerprint density at radius 1 is 0.365 bits per heavy atom. The van der Waals surface area contributed by atoms with Gasteiger partial charge in [-0.05, 0) is 51.9 Å². The zero-order valence-corrected chi connectivity index (χ0v) is 85.9. The van der Waals surface area contributed by atoms with Gasteiger partial charge in [-0.25, -0.2) is 4.79 Å². The van der Waals surface area contributed by atoms with Crippen LogP contribution in [0, 0.1) is 0 Å². The highest BCUT2D eigenvalue weighted by atomic mass is 16.8. The fraction of sp³-hybridized carbons (Fsp3) is 0.909. The molecular formula is C99H174N4O45. The van der Waals surface area contributed by atoms with Crippen molar-refractivity contribution in [3.63, 3.8) is 0 Å². The van der Waals surface area contributed by atoms with Crippen LogP contribution < -0.4 is 21.3 Å². The van der Waals surface area contributed by atoms with E-state index in [2.05, 4.69) is 47.3 Å². The number of aliphatic hydroxyl groups is 23. The van der Waals surface area contributed by atoms with Crippen molar-refractivity contribution in [2.45, 2.75) is 517 Å². The summed E-state index contributed by atoms with van der Waals surface area (Å²) in [6.07, 6.45) is -38.3. The molecule has 8 heterocycles. The van der Waals surface area contributed by atoms with Crippen LogP contribution in [0.3, 0.4) is 0 Å². The van der Waals surface area contributed by atoms with Crippen molar-refractivity contribution in [2.24, 2.45) is 0 Å². The van der Waals surface area contributed by atoms with Gasteiger partial charge in [-0.2, -0.15) is 0 Å². The summed E-state index contributed by atoms with van der Waals surface area (Å²) in [7, 11) is 0. The van der Waals surface area contributed by atoms with E-state index in [1.54, 1.807) is 6.08 Å². The van der Waals surface area contributed by atoms with Gasteiger partial charge in [0.15, 0.2) is 44.0 Å². The van der Waals surface area contributed by atoms with Gasteiger partial charge in [0.25, 0.3) is 5.79 Å². The number of hydrogen-bond acceptors (Lipinski definition) is 44. The van der Waals surface area contributed by atoms with Gasteiger partial charge in [0.05, 0.1) is 83.3 Å². The SMILES string of the molecule is CCCCCCCC/C=C\CCCCCCCCCCCCCC(=O)N[C@@H](CO[C@@H]1OC(CO)[C@@H](O[C@@H]2OC(CO)[C@H](O)[C@H](O[C@@H]3OC(CO)[C@@H](O[C@@H]4OC(CO)[C@H](O)[C@H](O[C@@H]5OC(CO)[C@@H](O[C@H]6OC(C)[C@@H](O)C(O)[C@@H]6O)[C@H](O[C@@H]6OC(CO)[C@H](O)[C@H](O[C@]7(C(=O)O)CC(O)[C@@H](NC(C)=O)C([C@H](O)[C@H](O)CO)O7)C6O)C5NC(C)=O)C4O)[C@H](O)C3NC(C)=O)C2O)[C@H](O)C1O)[C@H](O)/C=C/CCCCCCCCCCCCC. The lowest BCUT2D eigenvalue weighted by Gasteiger charge is -2.52. The molecule has 0 radical (unpaired) electrons. The molecule has 28 N–H and O–H groups in total. The normalized spacial score (nSPS) is 37.8. The predicted molar refractivity (Wildman–Crippen MR) is 514 cm³/mol. The number of rotatable bonds is 66. The Bertz CT molecular complexity index is 3790. The van der Waals surface area contributed by atoms with E-state index in [0.29, 0.717) is 12.8 Å². The highest BCUT2D eigenvalue weighted by Gasteiger charge is 2.64. The molecule has 8 aliphatic rings. The standard InChI is InChI=1S/C99H174N4O45/c1-7-9-11-13-15-17-19-21-22-23-24-25-26-27-28-30-32-34-36-38-40-42-66(117)103-56(57(114)41-39-37-35-33-31-29-20-18-16-14-12-10-8-2)51-133-93-79(127)77(125)84(64(49-109)140-93)142-96-80(128)88(72(120)60(45-105)136-96)145-91-68(101-54(5)112)75(123)83(63(48-108)138-91)141-95-81(129)89(73(121)61(46-106)135-95)146-92-69(102-55(6)113)87(85(65(50-110)139-92)143-94-78(126)76(124)70(118)52(3)134-94)144-97-82(130)90(74(122)62(47-107)137-97)148-99(98(131)132)43-58(115)67(100-53(4)111)86(147-99)71(119)59(116)44-104/h21-22,39,41,52,56-65,67-97,104-110,114-116,118-130H,7-20,23-38,40,42-51H2,1-6H3,(H,100,111)(H,101,112)(H,102,113)(H,103,117)(H,131,132)/b22-21-,41-39+/t52?,56-,57+,58?,59+,60?,61?,62?,63?,64?,65?,67+,68?,69?,70+,71+,72-,73-,74-,75+,76?,77+,78-,79?,80?,81?,82?,83+,84+,85+,86?,87+,88-,89-,90-,91-,92-,93+,94+,95-,96-,97-,99-/m0/s1. The summed E-state index contributed by atoms with van der Waals surface area (Å²) in [6.45, 7) is -0.250. The molecule has 49 nitrogen and oxygen atoms in total. The number of carbonyl (C=O) groups excluding carboxylic acids is 4. The average Bonchev–Trinajstić information content (AvgIpc) is 0.750. The molecule has 43 atom stereocenters. The third-order valence-corrected chi connectivity index (χ3v) is 28.4. The van der Waals surface area contributed by atoms with Crippen molar-refractivity contribution in [1.82, 2.24) is 21.3 Å². The first-order valence-corrected chi connectivity index (χ1v) is 53.1. The summed E-state index contributed by atoms with van der Waals surface area (Å²) in [6, 6.07) is -7.00. The average molecular weight is 2140 g/mol. The Balaban J connectivity index is 0.954. The lowest BCUT2D eigenvalue weighted by atomic mass is 9.88. The molecule has 0 saturated carbocycles. The fourth-order valence-corrected chi connectivity index (χ4v) is 19.9. The molecule has 16 unspecified atom stereocenters. The molecule has 4 amide bonds. The van der Waals surface area contributed by atoms with Gasteiger partial charge in [-0.15, -0.1) is 0 Å². The molecule has 860 valence electrons. The molecule has 8 saturated heterocycles. The number of carbonyl (C=O) groups is 5. The number of allylic oxidation sites excluding steroid dienone is 3. The highest BCUT2D eigenvalue weighted by Crippen LogP contribution is 2.43. The molecular weight excluding hydrogens is 1970 g/mol. The maximum atomic E-state index is 13.7. The van der Waals surface area contributed by atoms with Crippen LogP contribution in [0.5, 0.6) is 0 Å². The largest absolute Gasteiger partial charge is 0.477 e. The monoisotopic (exact) mass is 2140 g/mol. The van der Waals surface area contributed by atoms with E-state index in [-0.39, 0.29) is 12.3 Å². The highest BCUT2D eigenvalue weighted by molar-refractivity contribution is 5.77. The molecule has 8 rings (SSSR count). The van der Waals surface area contributed by atoms with Crippen LogP contribution in [-0.2, 0) is 99.8 Å². The third-order valence-electron chi connectivity index (χ3n) is 28.4. The summed E-state index contributed by atoms with van der Waals surface area (Å²) in [5, 5.41) is 283. The molecule has 49 heteroatoms. The van der Waals surface area contributed by atoms with Gasteiger partial charge in [-0.3, -0.25) is 19.2 Å². The van der Waals surface area contributed by atoms with E-state index < -0.39 is 346 Å². The Morgan fingerprint density at radius 3 is 1.17 bits per heavy atom. The zero-order valence-electron chi connectivity index (χ0n) is 85.9. The second-order valence-electron chi connectivity index (χ2n) is 40.2. The number of unbranched alkanes of at least 4 members (excludes halogenated alkanes) is 28. The Morgan fingerprint density at radius 2 is 0.723 bits per heavy atom. The topological polar surface area (TPSA) is 767 Å². The van der Waals surface area contributed by atoms with Crippen molar-refractivity contribution < 1.29 is 222 Å². The van der Waals surface area contributed by atoms with Crippen molar-refractivity contribution in [3.8, 4) is 0 Å². The molecule has 8 aliphatic heterocycles. The minimum absolute atomic E-state index is 0.135. The number of aliphatic hydroxyl groups excluding tert-OH is 23. The summed E-state index contributed by atoms with van der Waals surface area (Å²) in [5.74, 6) is -8.80. The first-order chi connectivity index (χ1) is 70.8. The quantitative estimate of drug-likeness (QED) is 0.0202. The van der Waals surface area contributed by atoms with E-state index in [0.717, 1.165) is 85.0 Å². The number of ether oxygens (including phenoxy) is 16. The minimum atomic E-state index is -3.36. The minimum Gasteiger partial charge on any atom is -0.477 e. The van der Waals surface area contributed by atoms with E-state index in [4.69, 9.17) is 75.8 Å². The predicted octanol–water partition coefficient (Wildman–Crippen LogP) is -4.28. The summed E-state index contributed by atoms with van der Waals surface area (Å²) >= 11 is 0. The third kappa shape index (κ3) is 37.2. The van der Waals surface area contributed by atoms with Crippen molar-refractivity contribution in [1.29, 1.82) is 0 Å². The van der Waals surface area contributed by atoms with Gasteiger partial charge >= 0.3 is 5.97 Å². The molecule has 0 aromatic heterocycles. The van der Waals surface area contributed by atoms with Crippen LogP contribution in [-0.4, -0.2) is 468 Å². The molecule has 0 aromatic rings. The van der Waals surface area contributed by atoms with Crippen LogP contribution in [0.1, 0.15) is 253 Å². The van der Waals surface area contributed by atoms with E-state index in [1.807, 2.05) is 6.08 Å². The van der Waals surface area contributed by atoms with Gasteiger partial charge in [0.2, 0.25) is 23.6 Å². The Kier molecular flexibility index (Phi) is 57.3. The van der Waals surface area contributed by atoms with Crippen molar-refractivity contribution in [2.75, 3.05) is 52.9 Å². The summed E-state index contributed by atoms with van der Waals surface area (Å²) in [4.78, 5) is 66.5. The number of carboxylic acid groups (broad SMARTS) is 1. The number of amides is 4. The molecule has 0 aromatic carbocycles. The smallest absolute Gasteiger partial charge is 0.364 e. The van der Waals surface area contributed by atoms with Gasteiger partial charge in [-0.1, -0.05) is 192 Å². The summed E-state index contributed by atoms with van der Waals surface area (Å²) < 4.78 is 96.6. The first-order valence-electron chi connectivity index (χ1n) is 53.1. The van der Waals surface area contributed by atoms with Crippen molar-refractivity contribution in [3.05, 3.63) is 24.3 Å². The number of nitrogens with one attached hydrogen (secondary N) is 4. The van der Waals surface area contributed by atoms with Crippen LogP contribution in [0.4, 0.5) is 0 Å². The van der Waals surface area contributed by atoms with E-state index >= 15 is 0 Å². The maximum absolute atomic E-state index is 13.7. The van der Waals surface area contributed by atoms with Gasteiger partial charge < -0.3 is 220 Å². The Labute approximate surface area is 863 Å². The summed E-state index contributed by atoms with van der Waals surface area (Å²) in [5.41, 5.74) is 0. The second kappa shape index (κ2) is 66.1. The van der Waals surface area contributed by atoms with Crippen LogP contribution in [0.2, 0.25) is 0 Å². The second-order valence-corrected chi connectivity index (χ2v) is 40.2. The van der Waals surface area contributed by atoms with E-state index in [9.17, 15) is 147 Å². The molecule has 148 heavy (non-hydrogen) atoms. The Hall–Kier alpha value is -4.73. The first kappa shape index (κ1) is 128. The molecule has 8 fully saturated rings. The maximum Gasteiger partial charge on any atom is 0.364 e. The molecule has 0 aliphatic carbocycles. The van der Waals surface area contributed by atoms with Crippen LogP contribution >= 0.6 is 0 Å². The zero-order chi connectivity index (χ0) is 109. The van der Waals surface area contributed by atoms with Gasteiger partial charge in [0, 0.05) is 33.6 Å². The van der Waals surface area contributed by atoms with Crippen LogP contribution in [0.25, 0.3) is 0 Å². The number of carboxylic acids is 1. The van der Waals surface area contributed by atoms with E-state index in [1.165, 1.54) is 129 Å². The lowest BCUT2D eigenvalue weighted by molar-refractivity contribution is -0.399. The lowest BCUT2D eigenvalue weighted by Crippen LogP contribution is -2.72. The molecule has 0 bridgehead atoms. The van der Waals surface area contributed by atoms with Crippen LogP contribution in [0.15, 0.2) is 24.3 Å². The molecule has 0 spiro atoms. The fourth-order valence-electron chi connectivity index (χ4n) is 19.9.